The summed E-state index contributed by atoms with van der Waals surface area (Å²) in [4.78, 5) is 14.1. The van der Waals surface area contributed by atoms with Crippen LogP contribution < -0.4 is 5.32 Å². The zero-order chi connectivity index (χ0) is 16.1. The van der Waals surface area contributed by atoms with Gasteiger partial charge in [0.15, 0.2) is 0 Å². The fourth-order valence-electron chi connectivity index (χ4n) is 2.11. The first-order valence-corrected chi connectivity index (χ1v) is 7.40. The minimum atomic E-state index is -0.00425. The van der Waals surface area contributed by atoms with Crippen molar-refractivity contribution in [2.45, 2.75) is 26.3 Å². The zero-order valence-electron chi connectivity index (χ0n) is 13.7. The first kappa shape index (κ1) is 16.2. The Kier molecular flexibility index (Phi) is 5.32. The van der Waals surface area contributed by atoms with Crippen molar-refractivity contribution >= 4 is 11.6 Å². The smallest absolute Gasteiger partial charge is 0.224 e. The van der Waals surface area contributed by atoms with Crippen LogP contribution in [0.4, 0.5) is 5.69 Å². The van der Waals surface area contributed by atoms with E-state index in [9.17, 15) is 4.79 Å². The Bertz CT molecular complexity index is 628. The molecule has 22 heavy (non-hydrogen) atoms. The van der Waals surface area contributed by atoms with Crippen LogP contribution in [0, 0.1) is 6.92 Å². The molecule has 1 N–H and O–H groups in total. The Hall–Kier alpha value is -2.15. The molecule has 0 saturated heterocycles. The van der Waals surface area contributed by atoms with Gasteiger partial charge in [-0.3, -0.25) is 14.2 Å². The molecule has 0 fully saturated rings. The molecule has 120 valence electrons. The normalized spacial score (nSPS) is 11.1. The molecular formula is C15H24N6O. The largest absolute Gasteiger partial charge is 0.323 e. The van der Waals surface area contributed by atoms with Gasteiger partial charge < -0.3 is 10.2 Å². The molecule has 1 amide bonds. The Morgan fingerprint density at radius 3 is 2.73 bits per heavy atom. The second kappa shape index (κ2) is 7.22. The van der Waals surface area contributed by atoms with E-state index in [-0.39, 0.29) is 5.91 Å². The second-order valence-electron chi connectivity index (χ2n) is 5.72. The number of aromatic nitrogens is 4. The lowest BCUT2D eigenvalue weighted by Crippen LogP contribution is -2.18. The number of anilines is 1. The number of aryl methyl sites for hydroxylation is 2. The van der Waals surface area contributed by atoms with Crippen molar-refractivity contribution in [1.29, 1.82) is 0 Å². The monoisotopic (exact) mass is 304 g/mol. The SMILES string of the molecule is Cc1c(CCC(=O)Nc2cnn(CCN(C)C)c2)cnn1C. The third kappa shape index (κ3) is 4.42. The van der Waals surface area contributed by atoms with E-state index in [4.69, 9.17) is 0 Å². The van der Waals surface area contributed by atoms with Gasteiger partial charge in [0.1, 0.15) is 0 Å². The first-order valence-electron chi connectivity index (χ1n) is 7.40. The maximum absolute atomic E-state index is 12.0. The Labute approximate surface area is 130 Å². The van der Waals surface area contributed by atoms with Crippen molar-refractivity contribution in [3.05, 3.63) is 29.8 Å². The molecule has 0 spiro atoms. The molecule has 0 aromatic carbocycles. The van der Waals surface area contributed by atoms with Crippen molar-refractivity contribution in [3.8, 4) is 0 Å². The Morgan fingerprint density at radius 2 is 2.09 bits per heavy atom. The van der Waals surface area contributed by atoms with E-state index < -0.39 is 0 Å². The maximum atomic E-state index is 12.0. The summed E-state index contributed by atoms with van der Waals surface area (Å²) in [7, 11) is 5.94. The van der Waals surface area contributed by atoms with Gasteiger partial charge in [-0.2, -0.15) is 10.2 Å². The molecule has 7 heteroatoms. The van der Waals surface area contributed by atoms with Crippen LogP contribution in [0.1, 0.15) is 17.7 Å². The van der Waals surface area contributed by atoms with Crippen LogP contribution >= 0.6 is 0 Å². The molecule has 2 aromatic rings. The quantitative estimate of drug-likeness (QED) is 0.830. The predicted octanol–water partition coefficient (Wildman–Crippen LogP) is 1.06. The summed E-state index contributed by atoms with van der Waals surface area (Å²) in [6, 6.07) is 0. The van der Waals surface area contributed by atoms with Gasteiger partial charge in [0.05, 0.1) is 24.6 Å². The second-order valence-corrected chi connectivity index (χ2v) is 5.72. The first-order chi connectivity index (χ1) is 10.5. The summed E-state index contributed by atoms with van der Waals surface area (Å²) in [5.41, 5.74) is 2.95. The van der Waals surface area contributed by atoms with Crippen LogP contribution in [0.15, 0.2) is 18.6 Å². The highest BCUT2D eigenvalue weighted by Gasteiger charge is 2.08. The summed E-state index contributed by atoms with van der Waals surface area (Å²) in [5.74, 6) is -0.00425. The average Bonchev–Trinajstić information content (AvgIpc) is 3.03. The number of amides is 1. The fourth-order valence-corrected chi connectivity index (χ4v) is 2.11. The third-order valence-corrected chi connectivity index (χ3v) is 3.65. The van der Waals surface area contributed by atoms with E-state index in [1.54, 1.807) is 6.20 Å². The van der Waals surface area contributed by atoms with E-state index >= 15 is 0 Å². The molecule has 0 aliphatic carbocycles. The molecule has 0 aliphatic heterocycles. The van der Waals surface area contributed by atoms with E-state index in [0.29, 0.717) is 12.8 Å². The third-order valence-electron chi connectivity index (χ3n) is 3.65. The average molecular weight is 304 g/mol. The lowest BCUT2D eigenvalue weighted by atomic mass is 10.1. The summed E-state index contributed by atoms with van der Waals surface area (Å²) in [6.07, 6.45) is 6.50. The molecule has 0 atom stereocenters. The van der Waals surface area contributed by atoms with Gasteiger partial charge in [0.25, 0.3) is 0 Å². The predicted molar refractivity (Wildman–Crippen MR) is 85.7 cm³/mol. The van der Waals surface area contributed by atoms with Gasteiger partial charge in [-0.15, -0.1) is 0 Å². The van der Waals surface area contributed by atoms with Crippen molar-refractivity contribution in [2.24, 2.45) is 7.05 Å². The van der Waals surface area contributed by atoms with Gasteiger partial charge >= 0.3 is 0 Å². The van der Waals surface area contributed by atoms with Crippen LogP contribution in [0.2, 0.25) is 0 Å². The molecule has 2 aromatic heterocycles. The lowest BCUT2D eigenvalue weighted by molar-refractivity contribution is -0.116. The number of likely N-dealkylation sites (N-methyl/N-ethyl adjacent to an activating group) is 1. The topological polar surface area (TPSA) is 68.0 Å². The van der Waals surface area contributed by atoms with Gasteiger partial charge in [0, 0.05) is 31.9 Å². The number of hydrogen-bond acceptors (Lipinski definition) is 4. The minimum Gasteiger partial charge on any atom is -0.323 e. The number of carbonyl (C=O) groups excluding carboxylic acids is 1. The molecule has 0 bridgehead atoms. The van der Waals surface area contributed by atoms with Gasteiger partial charge in [-0.1, -0.05) is 0 Å². The van der Waals surface area contributed by atoms with Crippen molar-refractivity contribution < 1.29 is 4.79 Å². The van der Waals surface area contributed by atoms with Gasteiger partial charge in [-0.05, 0) is 33.0 Å². The highest BCUT2D eigenvalue weighted by molar-refractivity contribution is 5.90. The Balaban J connectivity index is 1.81. The minimum absolute atomic E-state index is 0.00425. The molecule has 0 unspecified atom stereocenters. The van der Waals surface area contributed by atoms with Crippen molar-refractivity contribution in [2.75, 3.05) is 26.0 Å². The standard InChI is InChI=1S/C15H24N6O/c1-12-13(9-16-20(12)4)5-6-15(22)18-14-10-17-21(11-14)8-7-19(2)3/h9-11H,5-8H2,1-4H3,(H,18,22). The molecule has 7 nitrogen and oxygen atoms in total. The molecule has 2 heterocycles. The number of rotatable bonds is 7. The summed E-state index contributed by atoms with van der Waals surface area (Å²) >= 11 is 0. The van der Waals surface area contributed by atoms with Crippen LogP contribution in [0.3, 0.4) is 0 Å². The van der Waals surface area contributed by atoms with Crippen molar-refractivity contribution in [1.82, 2.24) is 24.5 Å². The van der Waals surface area contributed by atoms with Crippen LogP contribution in [0.25, 0.3) is 0 Å². The van der Waals surface area contributed by atoms with E-state index in [2.05, 4.69) is 20.4 Å². The van der Waals surface area contributed by atoms with E-state index in [1.807, 2.05) is 49.8 Å². The van der Waals surface area contributed by atoms with Gasteiger partial charge in [0.2, 0.25) is 5.91 Å². The number of nitrogens with one attached hydrogen (secondary N) is 1. The van der Waals surface area contributed by atoms with Crippen LogP contribution in [-0.2, 0) is 24.8 Å². The molecule has 2 rings (SSSR count). The Morgan fingerprint density at radius 1 is 1.32 bits per heavy atom. The lowest BCUT2D eigenvalue weighted by Gasteiger charge is -2.08. The molecular weight excluding hydrogens is 280 g/mol. The fraction of sp³-hybridized carbons (Fsp3) is 0.533. The van der Waals surface area contributed by atoms with Crippen molar-refractivity contribution in [3.63, 3.8) is 0 Å². The van der Waals surface area contributed by atoms with Crippen LogP contribution in [-0.4, -0.2) is 51.0 Å². The van der Waals surface area contributed by atoms with Crippen LogP contribution in [0.5, 0.6) is 0 Å². The zero-order valence-corrected chi connectivity index (χ0v) is 13.7. The number of nitrogens with zero attached hydrogens (tertiary/aromatic N) is 5. The molecule has 0 radical (unpaired) electrons. The highest BCUT2D eigenvalue weighted by atomic mass is 16.1. The van der Waals surface area contributed by atoms with E-state index in [1.165, 1.54) is 0 Å². The maximum Gasteiger partial charge on any atom is 0.224 e. The number of carbonyl (C=O) groups is 1. The summed E-state index contributed by atoms with van der Waals surface area (Å²) in [5, 5.41) is 11.3. The summed E-state index contributed by atoms with van der Waals surface area (Å²) in [6.45, 7) is 3.72. The van der Waals surface area contributed by atoms with Gasteiger partial charge in [-0.25, -0.2) is 0 Å². The number of hydrogen-bond donors (Lipinski definition) is 1. The van der Waals surface area contributed by atoms with E-state index in [0.717, 1.165) is 30.0 Å². The highest BCUT2D eigenvalue weighted by Crippen LogP contribution is 2.10. The summed E-state index contributed by atoms with van der Waals surface area (Å²) < 4.78 is 3.66. The molecule has 0 aliphatic rings. The molecule has 0 saturated carbocycles.